The Morgan fingerprint density at radius 2 is 1.62 bits per heavy atom. The number of nitrogens with zero attached hydrogens (tertiary/aromatic N) is 3. The first-order chi connectivity index (χ1) is 6.35. The van der Waals surface area contributed by atoms with Crippen LogP contribution in [-0.4, -0.2) is 25.0 Å². The molecule has 0 spiro atoms. The van der Waals surface area contributed by atoms with Gasteiger partial charge in [-0.2, -0.15) is 10.5 Å². The van der Waals surface area contributed by atoms with Crippen molar-refractivity contribution in [2.75, 3.05) is 25.0 Å². The summed E-state index contributed by atoms with van der Waals surface area (Å²) in [5.74, 6) is 0. The molecule has 0 aliphatic heterocycles. The van der Waals surface area contributed by atoms with Crippen molar-refractivity contribution in [1.82, 2.24) is 0 Å². The summed E-state index contributed by atoms with van der Waals surface area (Å²) in [6.45, 7) is 7.20. The summed E-state index contributed by atoms with van der Waals surface area (Å²) in [6, 6.07) is 4.21. The van der Waals surface area contributed by atoms with Gasteiger partial charge in [-0.1, -0.05) is 7.92 Å². The fourth-order valence-electron chi connectivity index (χ4n) is 0.943. The normalized spacial score (nSPS) is 8.77. The summed E-state index contributed by atoms with van der Waals surface area (Å²) in [6.07, 6.45) is 3.80. The Hall–Kier alpha value is -1.10. The third-order valence-electron chi connectivity index (χ3n) is 1.61. The zero-order chi connectivity index (χ0) is 9.94. The average molecular weight is 193 g/mol. The van der Waals surface area contributed by atoms with Crippen molar-refractivity contribution in [2.45, 2.75) is 12.8 Å². The van der Waals surface area contributed by atoms with Gasteiger partial charge in [-0.05, 0) is 12.3 Å². The largest absolute Gasteiger partial charge is 0.317 e. The van der Waals surface area contributed by atoms with Gasteiger partial charge < -0.3 is 4.85 Å². The molecule has 0 heterocycles. The smallest absolute Gasteiger partial charge is 0.218 e. The monoisotopic (exact) mass is 193 g/mol. The second kappa shape index (κ2) is 8.99. The Bertz CT molecular complexity index is 200. The van der Waals surface area contributed by atoms with E-state index in [0.717, 1.165) is 18.5 Å². The lowest BCUT2D eigenvalue weighted by Gasteiger charge is -2.10. The Labute approximate surface area is 80.5 Å². The van der Waals surface area contributed by atoms with Crippen LogP contribution in [0.2, 0.25) is 0 Å². The molecule has 0 radical (unpaired) electrons. The highest BCUT2D eigenvalue weighted by atomic mass is 31.1. The van der Waals surface area contributed by atoms with E-state index in [2.05, 4.69) is 17.0 Å². The minimum absolute atomic E-state index is 0.237. The molecule has 0 saturated heterocycles. The van der Waals surface area contributed by atoms with Crippen molar-refractivity contribution < 1.29 is 0 Å². The van der Waals surface area contributed by atoms with Crippen molar-refractivity contribution in [2.24, 2.45) is 0 Å². The Morgan fingerprint density at radius 3 is 2.00 bits per heavy atom. The molecule has 4 heteroatoms. The van der Waals surface area contributed by atoms with Crippen LogP contribution in [0.1, 0.15) is 12.8 Å². The molecule has 0 atom stereocenters. The summed E-state index contributed by atoms with van der Waals surface area (Å²) < 4.78 is 0. The predicted molar refractivity (Wildman–Crippen MR) is 53.5 cm³/mol. The van der Waals surface area contributed by atoms with Crippen LogP contribution in [0.5, 0.6) is 0 Å². The van der Waals surface area contributed by atoms with Gasteiger partial charge in [0.05, 0.1) is 12.1 Å². The predicted octanol–water partition coefficient (Wildman–Crippen LogP) is 2.21. The lowest BCUT2D eigenvalue weighted by Crippen LogP contribution is -1.96. The SMILES string of the molecule is [C-]#[N+]CCP(CCC#N)CCC#N. The highest BCUT2D eigenvalue weighted by Crippen LogP contribution is 2.36. The molecule has 0 amide bonds. The van der Waals surface area contributed by atoms with Crippen LogP contribution in [-0.2, 0) is 0 Å². The molecular formula is C9H12N3P. The summed E-state index contributed by atoms with van der Waals surface area (Å²) in [4.78, 5) is 3.29. The molecule has 0 bridgehead atoms. The molecule has 68 valence electrons. The molecule has 0 rings (SSSR count). The summed E-state index contributed by atoms with van der Waals surface area (Å²) in [5.41, 5.74) is 0. The molecular weight excluding hydrogens is 181 g/mol. The molecule has 0 aliphatic carbocycles. The van der Waals surface area contributed by atoms with Gasteiger partial charge in [0, 0.05) is 19.0 Å². The molecule has 3 nitrogen and oxygen atoms in total. The first kappa shape index (κ1) is 11.9. The second-order valence-electron chi connectivity index (χ2n) is 2.54. The summed E-state index contributed by atoms with van der Waals surface area (Å²) in [7, 11) is -0.237. The van der Waals surface area contributed by atoms with Crippen LogP contribution < -0.4 is 0 Å². The third kappa shape index (κ3) is 7.27. The van der Waals surface area contributed by atoms with Crippen molar-refractivity contribution in [3.05, 3.63) is 11.4 Å². The van der Waals surface area contributed by atoms with E-state index < -0.39 is 0 Å². The quantitative estimate of drug-likeness (QED) is 0.479. The van der Waals surface area contributed by atoms with Gasteiger partial charge in [0.15, 0.2) is 0 Å². The van der Waals surface area contributed by atoms with Crippen LogP contribution in [0.25, 0.3) is 4.85 Å². The number of nitriles is 2. The molecule has 0 saturated carbocycles. The van der Waals surface area contributed by atoms with E-state index in [1.165, 1.54) is 0 Å². The molecule has 0 aliphatic rings. The molecule has 0 aromatic rings. The van der Waals surface area contributed by atoms with Crippen molar-refractivity contribution >= 4 is 7.92 Å². The van der Waals surface area contributed by atoms with E-state index >= 15 is 0 Å². The molecule has 0 fully saturated rings. The van der Waals surface area contributed by atoms with Crippen molar-refractivity contribution in [3.63, 3.8) is 0 Å². The van der Waals surface area contributed by atoms with Gasteiger partial charge in [0.1, 0.15) is 0 Å². The van der Waals surface area contributed by atoms with Gasteiger partial charge in [-0.3, -0.25) is 0 Å². The number of hydrogen-bond acceptors (Lipinski definition) is 2. The van der Waals surface area contributed by atoms with Crippen LogP contribution in [0.3, 0.4) is 0 Å². The maximum Gasteiger partial charge on any atom is 0.218 e. The van der Waals surface area contributed by atoms with Crippen molar-refractivity contribution in [3.8, 4) is 12.1 Å². The zero-order valence-electron chi connectivity index (χ0n) is 7.53. The van der Waals surface area contributed by atoms with Crippen molar-refractivity contribution in [1.29, 1.82) is 10.5 Å². The van der Waals surface area contributed by atoms with Crippen LogP contribution in [0, 0.1) is 29.2 Å². The highest BCUT2D eigenvalue weighted by molar-refractivity contribution is 7.57. The number of rotatable bonds is 6. The molecule has 0 N–H and O–H groups in total. The van der Waals surface area contributed by atoms with Crippen LogP contribution >= 0.6 is 7.92 Å². The summed E-state index contributed by atoms with van der Waals surface area (Å²) >= 11 is 0. The lowest BCUT2D eigenvalue weighted by atomic mass is 10.5. The topological polar surface area (TPSA) is 51.9 Å². The summed E-state index contributed by atoms with van der Waals surface area (Å²) in [5, 5.41) is 16.8. The average Bonchev–Trinajstić information content (AvgIpc) is 2.17. The van der Waals surface area contributed by atoms with Crippen LogP contribution in [0.4, 0.5) is 0 Å². The van der Waals surface area contributed by atoms with E-state index in [-0.39, 0.29) is 7.92 Å². The van der Waals surface area contributed by atoms with Crippen LogP contribution in [0.15, 0.2) is 0 Å². The fraction of sp³-hybridized carbons (Fsp3) is 0.667. The maximum atomic E-state index is 8.40. The molecule has 0 aromatic heterocycles. The van der Waals surface area contributed by atoms with E-state index in [4.69, 9.17) is 17.1 Å². The second-order valence-corrected chi connectivity index (χ2v) is 5.22. The molecule has 13 heavy (non-hydrogen) atoms. The zero-order valence-corrected chi connectivity index (χ0v) is 8.43. The molecule has 0 unspecified atom stereocenters. The van der Waals surface area contributed by atoms with Gasteiger partial charge in [-0.15, -0.1) is 0 Å². The minimum Gasteiger partial charge on any atom is -0.317 e. The lowest BCUT2D eigenvalue weighted by molar-refractivity contribution is 1.16. The van der Waals surface area contributed by atoms with E-state index in [9.17, 15) is 0 Å². The Morgan fingerprint density at radius 1 is 1.08 bits per heavy atom. The van der Waals surface area contributed by atoms with E-state index in [1.807, 2.05) is 0 Å². The van der Waals surface area contributed by atoms with E-state index in [0.29, 0.717) is 19.4 Å². The highest BCUT2D eigenvalue weighted by Gasteiger charge is 2.08. The van der Waals surface area contributed by atoms with Gasteiger partial charge >= 0.3 is 0 Å². The fourth-order valence-corrected chi connectivity index (χ4v) is 2.83. The first-order valence-corrected chi connectivity index (χ1v) is 6.04. The maximum absolute atomic E-state index is 8.40. The van der Waals surface area contributed by atoms with E-state index in [1.54, 1.807) is 0 Å². The minimum atomic E-state index is -0.237. The molecule has 0 aromatic carbocycles. The number of hydrogen-bond donors (Lipinski definition) is 0. The van der Waals surface area contributed by atoms with Gasteiger partial charge in [0.2, 0.25) is 6.54 Å². The Kier molecular flexibility index (Phi) is 8.23. The first-order valence-electron chi connectivity index (χ1n) is 4.14. The third-order valence-corrected chi connectivity index (χ3v) is 4.15. The standard InChI is InChI=1S/C9H12N3P/c1-12-6-9-13(7-2-4-10)8-3-5-11/h2-3,6-9H2. The van der Waals surface area contributed by atoms with Gasteiger partial charge in [-0.25, -0.2) is 6.57 Å². The van der Waals surface area contributed by atoms with Gasteiger partial charge in [0.25, 0.3) is 0 Å². The Balaban J connectivity index is 3.70.